The third-order valence-corrected chi connectivity index (χ3v) is 3.15. The van der Waals surface area contributed by atoms with Gasteiger partial charge in [0.15, 0.2) is 0 Å². The van der Waals surface area contributed by atoms with Gasteiger partial charge >= 0.3 is 0 Å². The van der Waals surface area contributed by atoms with Crippen LogP contribution in [0.4, 0.5) is 5.95 Å². The quantitative estimate of drug-likeness (QED) is 0.741. The predicted octanol–water partition coefficient (Wildman–Crippen LogP) is 1.42. The minimum atomic E-state index is 0.348. The van der Waals surface area contributed by atoms with Gasteiger partial charge in [-0.15, -0.1) is 0 Å². The zero-order valence-electron chi connectivity index (χ0n) is 11.1. The van der Waals surface area contributed by atoms with E-state index in [2.05, 4.69) is 14.9 Å². The topological polar surface area (TPSA) is 47.5 Å². The SMILES string of the molecule is COCCOC1CCN(c2nccc(C)n2)CC1. The Bertz CT molecular complexity index is 365. The number of methoxy groups -OCH3 is 1. The summed E-state index contributed by atoms with van der Waals surface area (Å²) in [5.41, 5.74) is 1.01. The fourth-order valence-electron chi connectivity index (χ4n) is 2.11. The maximum Gasteiger partial charge on any atom is 0.225 e. The molecular weight excluding hydrogens is 230 g/mol. The highest BCUT2D eigenvalue weighted by atomic mass is 16.5. The van der Waals surface area contributed by atoms with E-state index in [1.165, 1.54) is 0 Å². The number of hydrogen-bond donors (Lipinski definition) is 0. The normalized spacial score (nSPS) is 17.1. The average Bonchev–Trinajstić information content (AvgIpc) is 2.40. The van der Waals surface area contributed by atoms with E-state index in [0.717, 1.165) is 37.6 Å². The molecule has 0 atom stereocenters. The number of ether oxygens (including phenoxy) is 2. The van der Waals surface area contributed by atoms with Crippen LogP contribution < -0.4 is 4.90 Å². The molecule has 0 saturated carbocycles. The Morgan fingerprint density at radius 3 is 2.78 bits per heavy atom. The van der Waals surface area contributed by atoms with Crippen LogP contribution in [-0.4, -0.2) is 49.5 Å². The highest BCUT2D eigenvalue weighted by Crippen LogP contribution is 2.17. The third kappa shape index (κ3) is 3.65. The lowest BCUT2D eigenvalue weighted by Crippen LogP contribution is -2.38. The van der Waals surface area contributed by atoms with Gasteiger partial charge < -0.3 is 14.4 Å². The van der Waals surface area contributed by atoms with Crippen LogP contribution in [0.1, 0.15) is 18.5 Å². The van der Waals surface area contributed by atoms with Crippen molar-refractivity contribution in [2.45, 2.75) is 25.9 Å². The number of aromatic nitrogens is 2. The maximum absolute atomic E-state index is 5.74. The summed E-state index contributed by atoms with van der Waals surface area (Å²) in [5.74, 6) is 0.838. The molecule has 5 nitrogen and oxygen atoms in total. The second kappa shape index (κ2) is 6.66. The van der Waals surface area contributed by atoms with Gasteiger partial charge in [-0.1, -0.05) is 0 Å². The molecule has 0 spiro atoms. The summed E-state index contributed by atoms with van der Waals surface area (Å²) in [6.07, 6.45) is 4.22. The molecule has 1 aliphatic rings. The molecule has 1 aromatic heterocycles. The first-order chi connectivity index (χ1) is 8.79. The Morgan fingerprint density at radius 2 is 2.11 bits per heavy atom. The van der Waals surface area contributed by atoms with Gasteiger partial charge in [0.2, 0.25) is 5.95 Å². The van der Waals surface area contributed by atoms with Crippen molar-refractivity contribution in [1.82, 2.24) is 9.97 Å². The Morgan fingerprint density at radius 1 is 1.33 bits per heavy atom. The van der Waals surface area contributed by atoms with E-state index >= 15 is 0 Å². The number of hydrogen-bond acceptors (Lipinski definition) is 5. The molecule has 1 aliphatic heterocycles. The Kier molecular flexibility index (Phi) is 4.90. The summed E-state index contributed by atoms with van der Waals surface area (Å²) in [4.78, 5) is 11.0. The van der Waals surface area contributed by atoms with E-state index in [4.69, 9.17) is 9.47 Å². The molecule has 0 N–H and O–H groups in total. The van der Waals surface area contributed by atoms with E-state index in [1.54, 1.807) is 7.11 Å². The van der Waals surface area contributed by atoms with E-state index in [9.17, 15) is 0 Å². The van der Waals surface area contributed by atoms with E-state index in [0.29, 0.717) is 19.3 Å². The van der Waals surface area contributed by atoms with Crippen LogP contribution in [0.15, 0.2) is 12.3 Å². The van der Waals surface area contributed by atoms with Crippen molar-refractivity contribution >= 4 is 5.95 Å². The average molecular weight is 251 g/mol. The van der Waals surface area contributed by atoms with Gasteiger partial charge in [0.1, 0.15) is 0 Å². The lowest BCUT2D eigenvalue weighted by molar-refractivity contribution is 0.00598. The monoisotopic (exact) mass is 251 g/mol. The van der Waals surface area contributed by atoms with Crippen molar-refractivity contribution in [3.05, 3.63) is 18.0 Å². The molecule has 2 heterocycles. The van der Waals surface area contributed by atoms with Crippen molar-refractivity contribution in [3.8, 4) is 0 Å². The van der Waals surface area contributed by atoms with Crippen molar-refractivity contribution < 1.29 is 9.47 Å². The standard InChI is InChI=1S/C13H21N3O2/c1-11-3-6-14-13(15-11)16-7-4-12(5-8-16)18-10-9-17-2/h3,6,12H,4-5,7-10H2,1-2H3. The Labute approximate surface area is 108 Å². The van der Waals surface area contributed by atoms with Gasteiger partial charge in [-0.25, -0.2) is 9.97 Å². The summed E-state index contributed by atoms with van der Waals surface area (Å²) in [7, 11) is 1.70. The molecule has 100 valence electrons. The second-order valence-corrected chi connectivity index (χ2v) is 4.55. The summed E-state index contributed by atoms with van der Waals surface area (Å²) in [5, 5.41) is 0. The third-order valence-electron chi connectivity index (χ3n) is 3.15. The van der Waals surface area contributed by atoms with Crippen LogP contribution in [0.25, 0.3) is 0 Å². The molecule has 0 amide bonds. The lowest BCUT2D eigenvalue weighted by Gasteiger charge is -2.31. The molecule has 0 aromatic carbocycles. The Hall–Kier alpha value is -1.20. The van der Waals surface area contributed by atoms with Gasteiger partial charge in [0.25, 0.3) is 0 Å². The van der Waals surface area contributed by atoms with Gasteiger partial charge in [-0.05, 0) is 25.8 Å². The highest BCUT2D eigenvalue weighted by Gasteiger charge is 2.21. The molecule has 18 heavy (non-hydrogen) atoms. The van der Waals surface area contributed by atoms with Crippen LogP contribution in [0.3, 0.4) is 0 Å². The van der Waals surface area contributed by atoms with Crippen molar-refractivity contribution in [2.24, 2.45) is 0 Å². The molecule has 2 rings (SSSR count). The smallest absolute Gasteiger partial charge is 0.225 e. The molecule has 1 saturated heterocycles. The zero-order chi connectivity index (χ0) is 12.8. The number of nitrogens with zero attached hydrogens (tertiary/aromatic N) is 3. The van der Waals surface area contributed by atoms with E-state index < -0.39 is 0 Å². The highest BCUT2D eigenvalue weighted by molar-refractivity contribution is 5.30. The second-order valence-electron chi connectivity index (χ2n) is 4.55. The van der Waals surface area contributed by atoms with Crippen molar-refractivity contribution in [2.75, 3.05) is 38.3 Å². The summed E-state index contributed by atoms with van der Waals surface area (Å²) in [6.45, 7) is 5.26. The van der Waals surface area contributed by atoms with Crippen LogP contribution in [0.5, 0.6) is 0 Å². The molecule has 0 unspecified atom stereocenters. The predicted molar refractivity (Wildman–Crippen MR) is 69.8 cm³/mol. The zero-order valence-corrected chi connectivity index (χ0v) is 11.1. The van der Waals surface area contributed by atoms with Crippen LogP contribution in [0.2, 0.25) is 0 Å². The number of aryl methyl sites for hydroxylation is 1. The van der Waals surface area contributed by atoms with Crippen molar-refractivity contribution in [3.63, 3.8) is 0 Å². The fourth-order valence-corrected chi connectivity index (χ4v) is 2.11. The fraction of sp³-hybridized carbons (Fsp3) is 0.692. The van der Waals surface area contributed by atoms with Gasteiger partial charge in [-0.3, -0.25) is 0 Å². The molecular formula is C13H21N3O2. The molecule has 0 aliphatic carbocycles. The van der Waals surface area contributed by atoms with Crippen LogP contribution >= 0.6 is 0 Å². The molecule has 1 fully saturated rings. The number of rotatable bonds is 5. The molecule has 1 aromatic rings. The molecule has 0 bridgehead atoms. The minimum absolute atomic E-state index is 0.348. The van der Waals surface area contributed by atoms with E-state index in [1.807, 2.05) is 19.2 Å². The summed E-state index contributed by atoms with van der Waals surface area (Å²) >= 11 is 0. The van der Waals surface area contributed by atoms with Gasteiger partial charge in [-0.2, -0.15) is 0 Å². The maximum atomic E-state index is 5.74. The lowest BCUT2D eigenvalue weighted by atomic mass is 10.1. The first-order valence-electron chi connectivity index (χ1n) is 6.44. The largest absolute Gasteiger partial charge is 0.382 e. The molecule has 5 heteroatoms. The number of piperidine rings is 1. The minimum Gasteiger partial charge on any atom is -0.382 e. The van der Waals surface area contributed by atoms with Gasteiger partial charge in [0.05, 0.1) is 19.3 Å². The van der Waals surface area contributed by atoms with Crippen molar-refractivity contribution in [1.29, 1.82) is 0 Å². The Balaban J connectivity index is 1.79. The summed E-state index contributed by atoms with van der Waals surface area (Å²) < 4.78 is 10.7. The van der Waals surface area contributed by atoms with Crippen LogP contribution in [-0.2, 0) is 9.47 Å². The first-order valence-corrected chi connectivity index (χ1v) is 6.44. The number of anilines is 1. The van der Waals surface area contributed by atoms with Gasteiger partial charge in [0, 0.05) is 32.1 Å². The van der Waals surface area contributed by atoms with Crippen LogP contribution in [0, 0.1) is 6.92 Å². The molecule has 0 radical (unpaired) electrons. The summed E-state index contributed by atoms with van der Waals surface area (Å²) in [6, 6.07) is 1.92. The van der Waals surface area contributed by atoms with E-state index in [-0.39, 0.29) is 0 Å². The first kappa shape index (κ1) is 13.2.